The van der Waals surface area contributed by atoms with Crippen LogP contribution in [0.1, 0.15) is 52.3 Å². The Balaban J connectivity index is 1.46. The number of hydrogen-bond acceptors (Lipinski definition) is 7. The third-order valence-corrected chi connectivity index (χ3v) is 9.09. The van der Waals surface area contributed by atoms with E-state index < -0.39 is 5.91 Å². The fourth-order valence-corrected chi connectivity index (χ4v) is 7.08. The molecule has 5 heterocycles. The molecule has 0 atom stereocenters. The molecule has 0 radical (unpaired) electrons. The number of fused-ring (bicyclic) bond motifs is 1. The van der Waals surface area contributed by atoms with E-state index in [0.717, 1.165) is 39.8 Å². The number of rotatable bonds is 7. The summed E-state index contributed by atoms with van der Waals surface area (Å²) in [5.74, 6) is -0.602. The molecule has 2 amide bonds. The van der Waals surface area contributed by atoms with Crippen LogP contribution >= 0.6 is 22.7 Å². The number of hydrogen-bond donors (Lipinski definition) is 2. The minimum absolute atomic E-state index is 0.0782. The van der Waals surface area contributed by atoms with Crippen molar-refractivity contribution in [2.45, 2.75) is 39.2 Å². The highest BCUT2D eigenvalue weighted by molar-refractivity contribution is 7.22. The molecule has 9 nitrogen and oxygen atoms in total. The predicted octanol–water partition coefficient (Wildman–Crippen LogP) is 3.54. The van der Waals surface area contributed by atoms with E-state index in [9.17, 15) is 9.59 Å². The number of aromatic nitrogens is 4. The summed E-state index contributed by atoms with van der Waals surface area (Å²) in [6, 6.07) is 3.84. The van der Waals surface area contributed by atoms with Crippen molar-refractivity contribution in [3.05, 3.63) is 40.5 Å². The van der Waals surface area contributed by atoms with E-state index in [2.05, 4.69) is 34.3 Å². The highest BCUT2D eigenvalue weighted by Crippen LogP contribution is 2.43. The van der Waals surface area contributed by atoms with Crippen molar-refractivity contribution >= 4 is 39.3 Å². The van der Waals surface area contributed by atoms with Crippen molar-refractivity contribution in [2.24, 2.45) is 12.8 Å². The summed E-state index contributed by atoms with van der Waals surface area (Å²) in [6.45, 7) is 9.03. The van der Waals surface area contributed by atoms with Gasteiger partial charge in [-0.15, -0.1) is 22.7 Å². The maximum atomic E-state index is 13.0. The molecule has 1 fully saturated rings. The van der Waals surface area contributed by atoms with Gasteiger partial charge in [-0.2, -0.15) is 10.2 Å². The first-order chi connectivity index (χ1) is 16.7. The van der Waals surface area contributed by atoms with Crippen LogP contribution in [0.25, 0.3) is 26.0 Å². The van der Waals surface area contributed by atoms with Crippen LogP contribution < -0.4 is 11.1 Å². The van der Waals surface area contributed by atoms with Crippen molar-refractivity contribution in [3.8, 4) is 21.1 Å². The molecule has 3 N–H and O–H groups in total. The number of carbonyl (C=O) groups excluding carboxylic acids is 2. The maximum absolute atomic E-state index is 13.0. The van der Waals surface area contributed by atoms with E-state index in [1.165, 1.54) is 41.7 Å². The van der Waals surface area contributed by atoms with Gasteiger partial charge in [0.2, 0.25) is 0 Å². The van der Waals surface area contributed by atoms with Crippen LogP contribution in [0.15, 0.2) is 24.5 Å². The highest BCUT2D eigenvalue weighted by atomic mass is 32.1. The van der Waals surface area contributed by atoms with Crippen molar-refractivity contribution in [3.63, 3.8) is 0 Å². The van der Waals surface area contributed by atoms with E-state index in [1.807, 2.05) is 32.3 Å². The summed E-state index contributed by atoms with van der Waals surface area (Å²) >= 11 is 2.85. The third-order valence-electron chi connectivity index (χ3n) is 6.66. The number of nitrogens with one attached hydrogen (secondary N) is 1. The smallest absolute Gasteiger partial charge is 0.261 e. The second kappa shape index (κ2) is 8.89. The molecular weight excluding hydrogens is 482 g/mol. The van der Waals surface area contributed by atoms with Gasteiger partial charge in [-0.05, 0) is 57.9 Å². The van der Waals surface area contributed by atoms with E-state index in [0.29, 0.717) is 21.8 Å². The summed E-state index contributed by atoms with van der Waals surface area (Å²) in [7, 11) is 1.86. The molecule has 0 spiro atoms. The third kappa shape index (κ3) is 4.28. The first-order valence-corrected chi connectivity index (χ1v) is 13.2. The normalized spacial score (nSPS) is 15.8. The number of thiophene rings is 1. The van der Waals surface area contributed by atoms with Crippen LogP contribution in [0.5, 0.6) is 0 Å². The first-order valence-electron chi connectivity index (χ1n) is 11.6. The number of likely N-dealkylation sites (tertiary alicyclic amines) is 1. The van der Waals surface area contributed by atoms with Crippen LogP contribution in [0, 0.1) is 6.92 Å². The molecule has 11 heteroatoms. The summed E-state index contributed by atoms with van der Waals surface area (Å²) < 4.78 is 3.48. The average Bonchev–Trinajstić information content (AvgIpc) is 3.58. The Hall–Kier alpha value is -3.02. The van der Waals surface area contributed by atoms with Gasteiger partial charge in [0.05, 0.1) is 26.4 Å². The molecule has 0 bridgehead atoms. The number of aryl methyl sites for hydroxylation is 2. The zero-order chi connectivity index (χ0) is 24.9. The molecule has 0 aliphatic carbocycles. The predicted molar refractivity (Wildman–Crippen MR) is 139 cm³/mol. The second-order valence-corrected chi connectivity index (χ2v) is 11.6. The van der Waals surface area contributed by atoms with Crippen LogP contribution in [0.3, 0.4) is 0 Å². The lowest BCUT2D eigenvalue weighted by atomic mass is 10.0. The van der Waals surface area contributed by atoms with Gasteiger partial charge >= 0.3 is 0 Å². The largest absolute Gasteiger partial charge is 0.365 e. The number of amides is 2. The Kier molecular flexibility index (Phi) is 6.02. The molecule has 1 aliphatic heterocycles. The number of nitrogens with two attached hydrogens (primary N) is 1. The molecule has 35 heavy (non-hydrogen) atoms. The van der Waals surface area contributed by atoms with Gasteiger partial charge in [-0.1, -0.05) is 0 Å². The van der Waals surface area contributed by atoms with Gasteiger partial charge in [-0.3, -0.25) is 19.2 Å². The number of primary amides is 1. The SMILES string of the molecule is Cc1cc(C(=O)NCCN2CCCC2(C)C)sc1-c1c(-c2ccn(C)n2)sc2c(C(N)=O)cnn12. The maximum Gasteiger partial charge on any atom is 0.261 e. The average molecular weight is 512 g/mol. The fourth-order valence-electron chi connectivity index (χ4n) is 4.71. The summed E-state index contributed by atoms with van der Waals surface area (Å²) in [5, 5.41) is 12.1. The van der Waals surface area contributed by atoms with Gasteiger partial charge in [0.15, 0.2) is 0 Å². The van der Waals surface area contributed by atoms with Crippen molar-refractivity contribution in [1.82, 2.24) is 29.6 Å². The second-order valence-electron chi connectivity index (χ2n) is 9.58. The fraction of sp³-hybridized carbons (Fsp3) is 0.417. The van der Waals surface area contributed by atoms with Crippen LogP contribution in [-0.4, -0.2) is 61.3 Å². The minimum Gasteiger partial charge on any atom is -0.365 e. The summed E-state index contributed by atoms with van der Waals surface area (Å²) in [4.78, 5) is 30.5. The molecule has 1 saturated heterocycles. The lowest BCUT2D eigenvalue weighted by Gasteiger charge is -2.31. The molecular formula is C24H29N7O2S2. The summed E-state index contributed by atoms with van der Waals surface area (Å²) in [6.07, 6.45) is 5.76. The van der Waals surface area contributed by atoms with Gasteiger partial charge in [0.1, 0.15) is 16.2 Å². The van der Waals surface area contributed by atoms with Crippen LogP contribution in [0.4, 0.5) is 0 Å². The first kappa shape index (κ1) is 23.7. The minimum atomic E-state index is -0.524. The van der Waals surface area contributed by atoms with Crippen LogP contribution in [0.2, 0.25) is 0 Å². The van der Waals surface area contributed by atoms with Crippen molar-refractivity contribution in [1.29, 1.82) is 0 Å². The monoisotopic (exact) mass is 511 g/mol. The molecule has 0 unspecified atom stereocenters. The van der Waals surface area contributed by atoms with E-state index >= 15 is 0 Å². The standard InChI is InChI=1S/C24H29N7O2S2/c1-14-12-17(22(33)26-8-11-30-9-5-7-24(30,2)3)34-19(14)18-20(16-6-10-29(4)28-16)35-23-15(21(25)32)13-27-31(18)23/h6,10,12-13H,5,7-9,11H2,1-4H3,(H2,25,32)(H,26,33). The lowest BCUT2D eigenvalue weighted by molar-refractivity contribution is 0.0943. The molecule has 0 saturated carbocycles. The molecule has 4 aromatic rings. The zero-order valence-electron chi connectivity index (χ0n) is 20.3. The number of carbonyl (C=O) groups is 2. The Labute approximate surface area is 211 Å². The lowest BCUT2D eigenvalue weighted by Crippen LogP contribution is -2.42. The van der Waals surface area contributed by atoms with Gasteiger partial charge in [-0.25, -0.2) is 4.52 Å². The Morgan fingerprint density at radius 3 is 2.71 bits per heavy atom. The highest BCUT2D eigenvalue weighted by Gasteiger charge is 2.31. The molecule has 184 valence electrons. The van der Waals surface area contributed by atoms with Gasteiger partial charge in [0, 0.05) is 31.9 Å². The number of nitrogens with zero attached hydrogens (tertiary/aromatic N) is 5. The number of thiazole rings is 1. The van der Waals surface area contributed by atoms with Crippen molar-refractivity contribution < 1.29 is 9.59 Å². The molecule has 4 aromatic heterocycles. The van der Waals surface area contributed by atoms with E-state index in [4.69, 9.17) is 5.73 Å². The topological polar surface area (TPSA) is 111 Å². The van der Waals surface area contributed by atoms with Gasteiger partial charge in [0.25, 0.3) is 11.8 Å². The Morgan fingerprint density at radius 2 is 2.06 bits per heavy atom. The van der Waals surface area contributed by atoms with Crippen molar-refractivity contribution in [2.75, 3.05) is 19.6 Å². The molecule has 1 aliphatic rings. The zero-order valence-corrected chi connectivity index (χ0v) is 21.9. The van der Waals surface area contributed by atoms with Crippen LogP contribution in [-0.2, 0) is 7.05 Å². The molecule has 0 aromatic carbocycles. The Bertz CT molecular complexity index is 1420. The summed E-state index contributed by atoms with van der Waals surface area (Å²) in [5.41, 5.74) is 8.71. The van der Waals surface area contributed by atoms with E-state index in [-0.39, 0.29) is 11.4 Å². The quantitative estimate of drug-likeness (QED) is 0.394. The Morgan fingerprint density at radius 1 is 1.26 bits per heavy atom. The van der Waals surface area contributed by atoms with E-state index in [1.54, 1.807) is 9.20 Å². The molecule has 5 rings (SSSR count). The van der Waals surface area contributed by atoms with Gasteiger partial charge < -0.3 is 11.1 Å².